The molecule has 1 N–H and O–H groups in total. The number of carbonyl (C=O) groups is 1. The van der Waals surface area contributed by atoms with Gasteiger partial charge < -0.3 is 10.2 Å². The van der Waals surface area contributed by atoms with Gasteiger partial charge in [0.2, 0.25) is 0 Å². The summed E-state index contributed by atoms with van der Waals surface area (Å²) < 4.78 is 15.0. The summed E-state index contributed by atoms with van der Waals surface area (Å²) in [5.74, 6) is -0.291. The van der Waals surface area contributed by atoms with Crippen LogP contribution in [0.15, 0.2) is 30.3 Å². The molecule has 1 aliphatic rings. The molecule has 4 rings (SSSR count). The van der Waals surface area contributed by atoms with Gasteiger partial charge in [0.25, 0.3) is 5.91 Å². The SMILES string of the molecule is CCCN1CCC(NC(=O)c2cc3c(C)nn(-c4ccc(F)cc4)c3s2)CC1. The molecule has 148 valence electrons. The van der Waals surface area contributed by atoms with Crippen molar-refractivity contribution < 1.29 is 9.18 Å². The maximum atomic E-state index is 13.2. The lowest BCUT2D eigenvalue weighted by atomic mass is 10.0. The van der Waals surface area contributed by atoms with Crippen LogP contribution in [0.2, 0.25) is 0 Å². The van der Waals surface area contributed by atoms with E-state index in [1.807, 2.05) is 13.0 Å². The number of carbonyl (C=O) groups excluding carboxylic acids is 1. The average Bonchev–Trinajstić information content (AvgIpc) is 3.25. The number of aromatic nitrogens is 2. The number of amides is 1. The molecule has 0 spiro atoms. The van der Waals surface area contributed by atoms with E-state index in [1.165, 1.54) is 29.9 Å². The Kier molecular flexibility index (Phi) is 5.46. The summed E-state index contributed by atoms with van der Waals surface area (Å²) in [7, 11) is 0. The fourth-order valence-corrected chi connectivity index (χ4v) is 4.88. The first-order valence-electron chi connectivity index (χ1n) is 9.83. The number of aryl methyl sites for hydroxylation is 1. The summed E-state index contributed by atoms with van der Waals surface area (Å²) in [5.41, 5.74) is 1.65. The molecule has 7 heteroatoms. The summed E-state index contributed by atoms with van der Waals surface area (Å²) in [6.45, 7) is 7.36. The molecule has 0 radical (unpaired) electrons. The van der Waals surface area contributed by atoms with Crippen LogP contribution in [0.3, 0.4) is 0 Å². The molecule has 3 heterocycles. The van der Waals surface area contributed by atoms with Crippen molar-refractivity contribution in [1.29, 1.82) is 0 Å². The van der Waals surface area contributed by atoms with Gasteiger partial charge in [-0.25, -0.2) is 9.07 Å². The number of halogens is 1. The molecule has 0 aliphatic carbocycles. The van der Waals surface area contributed by atoms with Crippen LogP contribution in [-0.2, 0) is 0 Å². The van der Waals surface area contributed by atoms with E-state index >= 15 is 0 Å². The van der Waals surface area contributed by atoms with Gasteiger partial charge in [0, 0.05) is 24.5 Å². The van der Waals surface area contributed by atoms with E-state index in [0.717, 1.165) is 54.1 Å². The third-order valence-corrected chi connectivity index (χ3v) is 6.41. The van der Waals surface area contributed by atoms with Gasteiger partial charge in [0.05, 0.1) is 16.3 Å². The lowest BCUT2D eigenvalue weighted by Gasteiger charge is -2.31. The lowest BCUT2D eigenvalue weighted by Crippen LogP contribution is -2.44. The lowest BCUT2D eigenvalue weighted by molar-refractivity contribution is 0.0915. The first-order chi connectivity index (χ1) is 13.5. The van der Waals surface area contributed by atoms with E-state index in [-0.39, 0.29) is 17.8 Å². The monoisotopic (exact) mass is 400 g/mol. The van der Waals surface area contributed by atoms with Gasteiger partial charge in [-0.1, -0.05) is 6.92 Å². The molecule has 28 heavy (non-hydrogen) atoms. The Morgan fingerprint density at radius 2 is 2.00 bits per heavy atom. The summed E-state index contributed by atoms with van der Waals surface area (Å²) in [6.07, 6.45) is 3.17. The first-order valence-corrected chi connectivity index (χ1v) is 10.6. The van der Waals surface area contributed by atoms with Crippen molar-refractivity contribution in [3.63, 3.8) is 0 Å². The zero-order valence-electron chi connectivity index (χ0n) is 16.2. The zero-order valence-corrected chi connectivity index (χ0v) is 17.1. The number of hydrogen-bond donors (Lipinski definition) is 1. The number of thiophene rings is 1. The first kappa shape index (κ1) is 19.1. The molecule has 3 aromatic rings. The molecule has 0 saturated carbocycles. The summed E-state index contributed by atoms with van der Waals surface area (Å²) in [5, 5.41) is 8.73. The minimum Gasteiger partial charge on any atom is -0.349 e. The normalized spacial score (nSPS) is 16.0. The Labute approximate surface area is 168 Å². The number of likely N-dealkylation sites (tertiary alicyclic amines) is 1. The van der Waals surface area contributed by atoms with Crippen molar-refractivity contribution in [1.82, 2.24) is 20.0 Å². The Morgan fingerprint density at radius 3 is 2.68 bits per heavy atom. The fourth-order valence-electron chi connectivity index (χ4n) is 3.79. The molecule has 1 amide bonds. The van der Waals surface area contributed by atoms with E-state index in [4.69, 9.17) is 0 Å². The summed E-state index contributed by atoms with van der Waals surface area (Å²) >= 11 is 1.43. The van der Waals surface area contributed by atoms with Crippen molar-refractivity contribution in [3.05, 3.63) is 46.7 Å². The second-order valence-corrected chi connectivity index (χ2v) is 8.42. The van der Waals surface area contributed by atoms with Gasteiger partial charge in [0.1, 0.15) is 10.6 Å². The summed E-state index contributed by atoms with van der Waals surface area (Å²) in [4.78, 5) is 16.9. The molecule has 1 aromatic carbocycles. The molecule has 0 atom stereocenters. The van der Waals surface area contributed by atoms with Crippen LogP contribution in [0.1, 0.15) is 41.6 Å². The highest BCUT2D eigenvalue weighted by Gasteiger charge is 2.23. The van der Waals surface area contributed by atoms with Crippen LogP contribution in [0.4, 0.5) is 4.39 Å². The van der Waals surface area contributed by atoms with Gasteiger partial charge in [-0.05, 0) is 63.1 Å². The maximum Gasteiger partial charge on any atom is 0.261 e. The number of hydrogen-bond acceptors (Lipinski definition) is 4. The van der Waals surface area contributed by atoms with Crippen molar-refractivity contribution in [2.45, 2.75) is 39.2 Å². The smallest absolute Gasteiger partial charge is 0.261 e. The number of nitrogens with one attached hydrogen (secondary N) is 1. The van der Waals surface area contributed by atoms with Gasteiger partial charge in [-0.15, -0.1) is 11.3 Å². The Morgan fingerprint density at radius 1 is 1.29 bits per heavy atom. The average molecular weight is 401 g/mol. The number of benzene rings is 1. The molecular formula is C21H25FN4OS. The number of fused-ring (bicyclic) bond motifs is 1. The molecular weight excluding hydrogens is 375 g/mol. The molecule has 5 nitrogen and oxygen atoms in total. The van der Waals surface area contributed by atoms with E-state index in [0.29, 0.717) is 4.88 Å². The van der Waals surface area contributed by atoms with E-state index in [2.05, 4.69) is 22.2 Å². The second-order valence-electron chi connectivity index (χ2n) is 7.39. The van der Waals surface area contributed by atoms with Gasteiger partial charge in [-0.2, -0.15) is 5.10 Å². The van der Waals surface area contributed by atoms with E-state index in [9.17, 15) is 9.18 Å². The number of nitrogens with zero attached hydrogens (tertiary/aromatic N) is 3. The Hall–Kier alpha value is -2.25. The highest BCUT2D eigenvalue weighted by molar-refractivity contribution is 7.20. The molecule has 2 aromatic heterocycles. The van der Waals surface area contributed by atoms with Crippen molar-refractivity contribution in [2.75, 3.05) is 19.6 Å². The van der Waals surface area contributed by atoms with Crippen molar-refractivity contribution in [3.8, 4) is 5.69 Å². The standard InChI is InChI=1S/C21H25FN4OS/c1-3-10-25-11-8-16(9-12-25)23-20(27)19-13-18-14(2)24-26(21(18)28-19)17-6-4-15(22)5-7-17/h4-7,13,16H,3,8-12H2,1-2H3,(H,23,27). The molecule has 1 fully saturated rings. The Bertz CT molecular complexity index is 970. The predicted octanol–water partition coefficient (Wildman–Crippen LogP) is 4.14. The van der Waals surface area contributed by atoms with E-state index in [1.54, 1.807) is 16.8 Å². The molecule has 1 saturated heterocycles. The van der Waals surface area contributed by atoms with Crippen LogP contribution < -0.4 is 5.32 Å². The van der Waals surface area contributed by atoms with Crippen LogP contribution >= 0.6 is 11.3 Å². The number of piperidine rings is 1. The second kappa shape index (κ2) is 8.01. The van der Waals surface area contributed by atoms with Crippen LogP contribution in [0, 0.1) is 12.7 Å². The molecule has 0 unspecified atom stereocenters. The highest BCUT2D eigenvalue weighted by atomic mass is 32.1. The van der Waals surface area contributed by atoms with Gasteiger partial charge in [0.15, 0.2) is 0 Å². The van der Waals surface area contributed by atoms with Crippen molar-refractivity contribution >= 4 is 27.5 Å². The summed E-state index contributed by atoms with van der Waals surface area (Å²) in [6, 6.07) is 8.40. The fraction of sp³-hybridized carbons (Fsp3) is 0.429. The van der Waals surface area contributed by atoms with Gasteiger partial charge in [-0.3, -0.25) is 4.79 Å². The minimum absolute atomic E-state index is 0.0137. The predicted molar refractivity (Wildman–Crippen MR) is 111 cm³/mol. The molecule has 0 bridgehead atoms. The van der Waals surface area contributed by atoms with Crippen LogP contribution in [-0.4, -0.2) is 46.3 Å². The topological polar surface area (TPSA) is 50.2 Å². The Balaban J connectivity index is 1.51. The quantitative estimate of drug-likeness (QED) is 0.700. The zero-order chi connectivity index (χ0) is 19.7. The van der Waals surface area contributed by atoms with Crippen LogP contribution in [0.5, 0.6) is 0 Å². The third kappa shape index (κ3) is 3.82. The maximum absolute atomic E-state index is 13.2. The van der Waals surface area contributed by atoms with Crippen molar-refractivity contribution in [2.24, 2.45) is 0 Å². The van der Waals surface area contributed by atoms with E-state index < -0.39 is 0 Å². The van der Waals surface area contributed by atoms with Gasteiger partial charge >= 0.3 is 0 Å². The van der Waals surface area contributed by atoms with Crippen LogP contribution in [0.25, 0.3) is 15.9 Å². The number of rotatable bonds is 5. The minimum atomic E-state index is -0.278. The third-order valence-electron chi connectivity index (χ3n) is 5.30. The molecule has 1 aliphatic heterocycles. The largest absolute Gasteiger partial charge is 0.349 e. The highest BCUT2D eigenvalue weighted by Crippen LogP contribution is 2.30.